The van der Waals surface area contributed by atoms with Gasteiger partial charge in [0.15, 0.2) is 5.76 Å². The topological polar surface area (TPSA) is 90.1 Å². The molecule has 0 atom stereocenters. The van der Waals surface area contributed by atoms with Crippen molar-refractivity contribution in [3.63, 3.8) is 0 Å². The predicted molar refractivity (Wildman–Crippen MR) is 109 cm³/mol. The molecule has 0 unspecified atom stereocenters. The van der Waals surface area contributed by atoms with Gasteiger partial charge in [-0.1, -0.05) is 39.3 Å². The zero-order valence-corrected chi connectivity index (χ0v) is 16.4. The van der Waals surface area contributed by atoms with E-state index in [1.54, 1.807) is 19.2 Å². The minimum atomic E-state index is -0.592. The molecule has 0 spiro atoms. The smallest absolute Gasteiger partial charge is 0.414 e. The van der Waals surface area contributed by atoms with Crippen LogP contribution in [-0.2, 0) is 4.74 Å². The molecule has 2 aromatic heterocycles. The Labute approximate surface area is 168 Å². The number of aromatic nitrogens is 3. The van der Waals surface area contributed by atoms with Gasteiger partial charge in [0.2, 0.25) is 5.95 Å². The summed E-state index contributed by atoms with van der Waals surface area (Å²) in [7, 11) is 0. The first kappa shape index (κ1) is 18.1. The number of carbonyl (C=O) groups is 1. The van der Waals surface area contributed by atoms with Crippen molar-refractivity contribution >= 4 is 38.9 Å². The van der Waals surface area contributed by atoms with Gasteiger partial charge in [0.05, 0.1) is 17.7 Å². The van der Waals surface area contributed by atoms with E-state index >= 15 is 0 Å². The Morgan fingerprint density at radius 3 is 2.89 bits per heavy atom. The third-order valence-corrected chi connectivity index (χ3v) is 4.50. The van der Waals surface area contributed by atoms with E-state index in [9.17, 15) is 4.79 Å². The van der Waals surface area contributed by atoms with Crippen molar-refractivity contribution in [1.29, 1.82) is 0 Å². The quantitative estimate of drug-likeness (QED) is 0.465. The molecule has 8 heteroatoms. The molecule has 0 aliphatic heterocycles. The molecular weight excluding hydrogens is 424 g/mol. The van der Waals surface area contributed by atoms with E-state index in [0.717, 1.165) is 26.5 Å². The maximum absolute atomic E-state index is 11.6. The summed E-state index contributed by atoms with van der Waals surface area (Å²) in [5.41, 5.74) is 3.17. The highest BCUT2D eigenvalue weighted by molar-refractivity contribution is 9.10. The number of benzene rings is 2. The average Bonchev–Trinajstić information content (AvgIpc) is 3.11. The fourth-order valence-corrected chi connectivity index (χ4v) is 3.18. The lowest BCUT2D eigenvalue weighted by atomic mass is 10.0. The van der Waals surface area contributed by atoms with Gasteiger partial charge in [-0.05, 0) is 37.3 Å². The number of rotatable bonds is 4. The molecule has 0 bridgehead atoms. The van der Waals surface area contributed by atoms with E-state index in [1.165, 1.54) is 0 Å². The van der Waals surface area contributed by atoms with Crippen molar-refractivity contribution in [2.45, 2.75) is 6.92 Å². The number of hydrogen-bond donors (Lipinski definition) is 1. The summed E-state index contributed by atoms with van der Waals surface area (Å²) in [5.74, 6) is 0.852. The molecule has 140 valence electrons. The van der Waals surface area contributed by atoms with Crippen LogP contribution in [0.15, 0.2) is 63.7 Å². The summed E-state index contributed by atoms with van der Waals surface area (Å²) in [5, 5.41) is 7.52. The fourth-order valence-electron chi connectivity index (χ4n) is 2.78. The first-order chi connectivity index (χ1) is 13.6. The van der Waals surface area contributed by atoms with Gasteiger partial charge < -0.3 is 9.26 Å². The van der Waals surface area contributed by atoms with Gasteiger partial charge in [-0.25, -0.2) is 14.8 Å². The highest BCUT2D eigenvalue weighted by Gasteiger charge is 2.13. The third kappa shape index (κ3) is 3.72. The van der Waals surface area contributed by atoms with Gasteiger partial charge in [-0.15, -0.1) is 0 Å². The Morgan fingerprint density at radius 2 is 2.07 bits per heavy atom. The lowest BCUT2D eigenvalue weighted by molar-refractivity contribution is 0.167. The molecule has 4 aromatic rings. The van der Waals surface area contributed by atoms with Gasteiger partial charge in [-0.2, -0.15) is 0 Å². The molecule has 1 N–H and O–H groups in total. The summed E-state index contributed by atoms with van der Waals surface area (Å²) >= 11 is 3.48. The molecular formula is C20H15BrN4O3. The third-order valence-electron chi connectivity index (χ3n) is 4.00. The number of carbonyl (C=O) groups excluding carboxylic acids is 1. The number of hydrogen-bond acceptors (Lipinski definition) is 6. The Hall–Kier alpha value is -3.26. The maximum Gasteiger partial charge on any atom is 0.414 e. The van der Waals surface area contributed by atoms with Gasteiger partial charge in [0.1, 0.15) is 5.52 Å². The zero-order valence-electron chi connectivity index (χ0n) is 14.8. The van der Waals surface area contributed by atoms with Crippen LogP contribution in [0, 0.1) is 0 Å². The molecule has 4 rings (SSSR count). The molecule has 7 nitrogen and oxygen atoms in total. The van der Waals surface area contributed by atoms with Gasteiger partial charge in [0.25, 0.3) is 0 Å². The second kappa shape index (κ2) is 7.77. The lowest BCUT2D eigenvalue weighted by Gasteiger charge is -2.06. The van der Waals surface area contributed by atoms with Crippen LogP contribution in [-0.4, -0.2) is 27.8 Å². The van der Waals surface area contributed by atoms with E-state index in [0.29, 0.717) is 11.5 Å². The number of nitrogens with one attached hydrogen (secondary N) is 1. The van der Waals surface area contributed by atoms with Crippen LogP contribution in [0.4, 0.5) is 10.7 Å². The molecule has 2 heterocycles. The van der Waals surface area contributed by atoms with Gasteiger partial charge in [-0.3, -0.25) is 5.32 Å². The average molecular weight is 439 g/mol. The first-order valence-electron chi connectivity index (χ1n) is 8.56. The minimum absolute atomic E-state index is 0.175. The van der Waals surface area contributed by atoms with Crippen molar-refractivity contribution in [1.82, 2.24) is 15.1 Å². The van der Waals surface area contributed by atoms with Crippen LogP contribution in [0.25, 0.3) is 33.5 Å². The van der Waals surface area contributed by atoms with Crippen molar-refractivity contribution < 1.29 is 14.1 Å². The van der Waals surface area contributed by atoms with Crippen molar-refractivity contribution in [2.24, 2.45) is 0 Å². The fraction of sp³-hybridized carbons (Fsp3) is 0.100. The van der Waals surface area contributed by atoms with Crippen molar-refractivity contribution in [2.75, 3.05) is 11.9 Å². The lowest BCUT2D eigenvalue weighted by Crippen LogP contribution is -2.15. The molecule has 0 saturated heterocycles. The Morgan fingerprint density at radius 1 is 1.18 bits per heavy atom. The highest BCUT2D eigenvalue weighted by atomic mass is 79.9. The Kier molecular flexibility index (Phi) is 5.03. The molecule has 2 aromatic carbocycles. The van der Waals surface area contributed by atoms with Gasteiger partial charge >= 0.3 is 6.09 Å². The van der Waals surface area contributed by atoms with E-state index < -0.39 is 6.09 Å². The Balaban J connectivity index is 1.72. The van der Waals surface area contributed by atoms with Gasteiger partial charge in [0, 0.05) is 21.8 Å². The highest BCUT2D eigenvalue weighted by Crippen LogP contribution is 2.32. The monoisotopic (exact) mass is 438 g/mol. The first-order valence-corrected chi connectivity index (χ1v) is 9.36. The number of ether oxygens (including phenoxy) is 1. The molecule has 0 saturated carbocycles. The van der Waals surface area contributed by atoms with Crippen LogP contribution in [0.2, 0.25) is 0 Å². The summed E-state index contributed by atoms with van der Waals surface area (Å²) in [6.45, 7) is 2.00. The standard InChI is InChI=1S/C20H15BrN4O3/c1-2-27-20(26)24-19-22-9-8-16(23-19)12-6-7-17-15(11-12)18(28-25-17)13-4-3-5-14(21)10-13/h3-11H,2H2,1H3,(H,22,23,24,26). The molecule has 0 radical (unpaired) electrons. The molecule has 0 fully saturated rings. The number of halogens is 1. The van der Waals surface area contributed by atoms with Crippen LogP contribution in [0.5, 0.6) is 0 Å². The normalized spacial score (nSPS) is 10.8. The summed E-state index contributed by atoms with van der Waals surface area (Å²) in [4.78, 5) is 20.0. The van der Waals surface area contributed by atoms with E-state index in [-0.39, 0.29) is 12.6 Å². The predicted octanol–water partition coefficient (Wildman–Crippen LogP) is 5.28. The van der Waals surface area contributed by atoms with Crippen LogP contribution >= 0.6 is 15.9 Å². The number of amides is 1. The van der Waals surface area contributed by atoms with Crippen molar-refractivity contribution in [3.8, 4) is 22.6 Å². The minimum Gasteiger partial charge on any atom is -0.450 e. The molecule has 28 heavy (non-hydrogen) atoms. The van der Waals surface area contributed by atoms with E-state index in [1.807, 2.05) is 42.5 Å². The molecule has 1 amide bonds. The largest absolute Gasteiger partial charge is 0.450 e. The maximum atomic E-state index is 11.6. The van der Waals surface area contributed by atoms with Crippen LogP contribution in [0.3, 0.4) is 0 Å². The molecule has 0 aliphatic rings. The second-order valence-corrected chi connectivity index (χ2v) is 6.78. The summed E-state index contributed by atoms with van der Waals surface area (Å²) in [6.07, 6.45) is 0.989. The number of fused-ring (bicyclic) bond motifs is 1. The van der Waals surface area contributed by atoms with Crippen LogP contribution < -0.4 is 5.32 Å². The molecule has 0 aliphatic carbocycles. The van der Waals surface area contributed by atoms with E-state index in [2.05, 4.69) is 36.4 Å². The summed E-state index contributed by atoms with van der Waals surface area (Å²) in [6, 6.07) is 15.3. The van der Waals surface area contributed by atoms with E-state index in [4.69, 9.17) is 9.26 Å². The number of nitrogens with zero attached hydrogens (tertiary/aromatic N) is 3. The van der Waals surface area contributed by atoms with Crippen molar-refractivity contribution in [3.05, 3.63) is 59.2 Å². The SMILES string of the molecule is CCOC(=O)Nc1nccc(-c2ccc3noc(-c4cccc(Br)c4)c3c2)n1. The number of anilines is 1. The second-order valence-electron chi connectivity index (χ2n) is 5.86. The summed E-state index contributed by atoms with van der Waals surface area (Å²) < 4.78 is 11.4. The Bertz CT molecular complexity index is 1160. The zero-order chi connectivity index (χ0) is 19.5. The van der Waals surface area contributed by atoms with Crippen LogP contribution in [0.1, 0.15) is 6.92 Å².